The summed E-state index contributed by atoms with van der Waals surface area (Å²) >= 11 is 0. The molecule has 0 saturated heterocycles. The average Bonchev–Trinajstić information content (AvgIpc) is 2.44. The molecule has 1 aromatic rings. The van der Waals surface area contributed by atoms with E-state index in [1.807, 2.05) is 31.8 Å². The Morgan fingerprint density at radius 2 is 1.57 bits per heavy atom. The summed E-state index contributed by atoms with van der Waals surface area (Å²) in [7, 11) is -5.68. The monoisotopic (exact) mass is 440 g/mol. The third-order valence-electron chi connectivity index (χ3n) is 3.36. The van der Waals surface area contributed by atoms with Crippen LogP contribution in [0, 0.1) is 0 Å². The van der Waals surface area contributed by atoms with Crippen LogP contribution in [0.4, 0.5) is 5.69 Å². The normalized spacial score (nSPS) is 13.6. The van der Waals surface area contributed by atoms with E-state index < -0.39 is 36.9 Å². The van der Waals surface area contributed by atoms with Crippen molar-refractivity contribution in [2.75, 3.05) is 4.98 Å². The summed E-state index contributed by atoms with van der Waals surface area (Å²) in [6, 6.07) is 4.49. The van der Waals surface area contributed by atoms with Gasteiger partial charge in [-0.15, -0.1) is 0 Å². The first-order valence-electron chi connectivity index (χ1n) is 9.60. The second kappa shape index (κ2) is 8.93. The fraction of sp³-hybridized carbons (Fsp3) is 0.579. The Morgan fingerprint density at radius 3 is 2.04 bits per heavy atom. The average molecular weight is 441 g/mol. The van der Waals surface area contributed by atoms with Crippen molar-refractivity contribution in [2.24, 2.45) is 5.73 Å². The number of carbonyl (C=O) groups excluding carboxylic acids is 2. The van der Waals surface area contributed by atoms with Gasteiger partial charge < -0.3 is 19.6 Å². The fourth-order valence-corrected chi connectivity index (χ4v) is 5.05. The summed E-state index contributed by atoms with van der Waals surface area (Å²) in [5.41, 5.74) is 7.19. The second-order valence-corrected chi connectivity index (χ2v) is 23.6. The summed E-state index contributed by atoms with van der Waals surface area (Å²) in [4.78, 5) is 28.7. The molecular formula is C19H36N2O4Si3. The third kappa shape index (κ3) is 8.72. The fourth-order valence-electron chi connectivity index (χ4n) is 2.45. The van der Waals surface area contributed by atoms with Crippen LogP contribution in [0.15, 0.2) is 18.2 Å². The van der Waals surface area contributed by atoms with Crippen LogP contribution in [-0.2, 0) is 9.22 Å². The minimum Gasteiger partial charge on any atom is -0.543 e. The summed E-state index contributed by atoms with van der Waals surface area (Å²) in [6.45, 7) is 18.5. The maximum Gasteiger partial charge on any atom is 0.310 e. The molecule has 9 heteroatoms. The third-order valence-corrected chi connectivity index (χ3v) is 6.00. The number of Topliss-reactive ketones (excluding diaryl/α,β-unsaturated/α-hetero) is 1. The van der Waals surface area contributed by atoms with E-state index in [1.54, 1.807) is 6.07 Å². The predicted octanol–water partition coefficient (Wildman–Crippen LogP) is 4.43. The number of nitrogens with two attached hydrogens (primary N) is 1. The van der Waals surface area contributed by atoms with Crippen LogP contribution in [0.2, 0.25) is 58.9 Å². The van der Waals surface area contributed by atoms with Crippen LogP contribution >= 0.6 is 0 Å². The van der Waals surface area contributed by atoms with Gasteiger partial charge in [0.15, 0.2) is 5.78 Å². The second-order valence-electron chi connectivity index (χ2n) is 10.0. The molecule has 0 aliphatic carbocycles. The van der Waals surface area contributed by atoms with Gasteiger partial charge in [0.25, 0.3) is 0 Å². The molecule has 0 heterocycles. The Kier molecular flexibility index (Phi) is 7.85. The molecule has 0 radical (unpaired) electrons. The summed E-state index contributed by atoms with van der Waals surface area (Å²) < 4.78 is 11.6. The van der Waals surface area contributed by atoms with Gasteiger partial charge in [0.2, 0.25) is 16.6 Å². The highest BCUT2D eigenvalue weighted by Crippen LogP contribution is 2.33. The number of benzene rings is 1. The molecule has 28 heavy (non-hydrogen) atoms. The standard InChI is InChI=1S/C19H36N2O4Si3/c1-26(2,3)21-18-14(11-10-12-17(18)24-27(4,5)6)16(22)13-15(20)19(23)25-28(7,8)9/h10-12,15,21H,13,20H2,1-9H3. The number of para-hydroxylation sites is 1. The first-order chi connectivity index (χ1) is 12.5. The van der Waals surface area contributed by atoms with E-state index in [4.69, 9.17) is 14.6 Å². The van der Waals surface area contributed by atoms with Crippen molar-refractivity contribution in [1.82, 2.24) is 0 Å². The molecule has 0 fully saturated rings. The molecule has 0 aliphatic rings. The van der Waals surface area contributed by atoms with Crippen molar-refractivity contribution in [3.63, 3.8) is 0 Å². The first kappa shape index (κ1) is 24.6. The van der Waals surface area contributed by atoms with Crippen LogP contribution in [-0.4, -0.2) is 42.7 Å². The highest BCUT2D eigenvalue weighted by molar-refractivity contribution is 6.79. The molecule has 0 bridgehead atoms. The molecular weight excluding hydrogens is 404 g/mol. The van der Waals surface area contributed by atoms with Crippen LogP contribution in [0.1, 0.15) is 16.8 Å². The molecule has 1 rings (SSSR count). The Balaban J connectivity index is 3.18. The Hall–Kier alpha value is -1.43. The number of rotatable bonds is 9. The van der Waals surface area contributed by atoms with Crippen LogP contribution in [0.5, 0.6) is 5.75 Å². The lowest BCUT2D eigenvalue weighted by Gasteiger charge is -2.28. The Labute approximate surface area is 172 Å². The highest BCUT2D eigenvalue weighted by atomic mass is 28.4. The molecule has 3 N–H and O–H groups in total. The van der Waals surface area contributed by atoms with E-state index in [9.17, 15) is 9.59 Å². The van der Waals surface area contributed by atoms with Crippen LogP contribution < -0.4 is 15.1 Å². The molecule has 1 unspecified atom stereocenters. The van der Waals surface area contributed by atoms with E-state index in [-0.39, 0.29) is 12.2 Å². The molecule has 1 atom stereocenters. The lowest BCUT2D eigenvalue weighted by Crippen LogP contribution is -2.41. The van der Waals surface area contributed by atoms with Gasteiger partial charge in [-0.2, -0.15) is 0 Å². The highest BCUT2D eigenvalue weighted by Gasteiger charge is 2.29. The zero-order valence-corrected chi connectivity index (χ0v) is 21.7. The lowest BCUT2D eigenvalue weighted by atomic mass is 10.0. The van der Waals surface area contributed by atoms with Gasteiger partial charge in [-0.25, -0.2) is 0 Å². The molecule has 6 nitrogen and oxygen atoms in total. The van der Waals surface area contributed by atoms with Crippen LogP contribution in [0.25, 0.3) is 0 Å². The predicted molar refractivity (Wildman–Crippen MR) is 124 cm³/mol. The Morgan fingerprint density at radius 1 is 1.00 bits per heavy atom. The van der Waals surface area contributed by atoms with Crippen molar-refractivity contribution in [1.29, 1.82) is 0 Å². The zero-order chi connectivity index (χ0) is 21.9. The largest absolute Gasteiger partial charge is 0.543 e. The number of hydrogen-bond acceptors (Lipinski definition) is 6. The van der Waals surface area contributed by atoms with Gasteiger partial charge in [0, 0.05) is 12.0 Å². The molecule has 0 saturated carbocycles. The molecule has 0 spiro atoms. The minimum absolute atomic E-state index is 0.0971. The number of carbonyl (C=O) groups is 2. The maximum atomic E-state index is 13.0. The van der Waals surface area contributed by atoms with E-state index in [0.717, 1.165) is 0 Å². The minimum atomic E-state index is -2.05. The van der Waals surface area contributed by atoms with Crippen molar-refractivity contribution >= 4 is 42.3 Å². The van der Waals surface area contributed by atoms with Crippen molar-refractivity contribution in [3.8, 4) is 5.75 Å². The van der Waals surface area contributed by atoms with Crippen molar-refractivity contribution in [2.45, 2.75) is 71.4 Å². The van der Waals surface area contributed by atoms with Gasteiger partial charge >= 0.3 is 5.97 Å². The van der Waals surface area contributed by atoms with Gasteiger partial charge in [0.05, 0.1) is 5.69 Å². The van der Waals surface area contributed by atoms with E-state index in [0.29, 0.717) is 17.0 Å². The summed E-state index contributed by atoms with van der Waals surface area (Å²) in [5.74, 6) is -0.0192. The van der Waals surface area contributed by atoms with Crippen molar-refractivity contribution in [3.05, 3.63) is 23.8 Å². The first-order valence-corrected chi connectivity index (χ1v) is 19.9. The Bertz CT molecular complexity index is 719. The number of anilines is 1. The zero-order valence-electron chi connectivity index (χ0n) is 18.7. The maximum absolute atomic E-state index is 13.0. The van der Waals surface area contributed by atoms with Gasteiger partial charge in [-0.1, -0.05) is 25.7 Å². The molecule has 0 aliphatic heterocycles. The lowest BCUT2D eigenvalue weighted by molar-refractivity contribution is -0.136. The SMILES string of the molecule is C[Si](C)(C)Nc1c(O[Si](C)(C)C)cccc1C(=O)CC(N)C(=O)O[Si](C)(C)C. The molecule has 0 amide bonds. The topological polar surface area (TPSA) is 90.6 Å². The van der Waals surface area contributed by atoms with E-state index in [1.165, 1.54) is 0 Å². The van der Waals surface area contributed by atoms with Gasteiger partial charge in [-0.3, -0.25) is 9.59 Å². The molecule has 0 aromatic heterocycles. The number of hydrogen-bond donors (Lipinski definition) is 2. The molecule has 1 aromatic carbocycles. The van der Waals surface area contributed by atoms with Gasteiger partial charge in [0.1, 0.15) is 20.0 Å². The summed E-state index contributed by atoms with van der Waals surface area (Å²) in [5, 5.41) is 0. The number of ketones is 1. The van der Waals surface area contributed by atoms with Crippen molar-refractivity contribution < 1.29 is 18.4 Å². The summed E-state index contributed by atoms with van der Waals surface area (Å²) in [6.07, 6.45) is -0.0971. The molecule has 158 valence electrons. The van der Waals surface area contributed by atoms with E-state index >= 15 is 0 Å². The smallest absolute Gasteiger partial charge is 0.310 e. The van der Waals surface area contributed by atoms with E-state index in [2.05, 4.69) is 44.3 Å². The number of nitrogens with one attached hydrogen (secondary N) is 1. The van der Waals surface area contributed by atoms with Crippen LogP contribution in [0.3, 0.4) is 0 Å². The quantitative estimate of drug-likeness (QED) is 0.436. The van der Waals surface area contributed by atoms with Gasteiger partial charge in [-0.05, 0) is 51.4 Å².